The molecule has 0 radical (unpaired) electrons. The average molecular weight is 243 g/mol. The lowest BCUT2D eigenvalue weighted by Crippen LogP contribution is -2.34. The normalized spacial score (nSPS) is 18.3. The van der Waals surface area contributed by atoms with Crippen molar-refractivity contribution in [2.75, 3.05) is 23.1 Å². The number of hydrogen-bond acceptors (Lipinski definition) is 5. The minimum absolute atomic E-state index is 0.854. The molecule has 5 heteroatoms. The van der Waals surface area contributed by atoms with Crippen LogP contribution in [0.15, 0.2) is 41.7 Å². The van der Waals surface area contributed by atoms with E-state index in [0.29, 0.717) is 0 Å². The highest BCUT2D eigenvalue weighted by molar-refractivity contribution is 5.50. The highest BCUT2D eigenvalue weighted by Crippen LogP contribution is 2.19. The molecule has 0 aliphatic carbocycles. The van der Waals surface area contributed by atoms with Crippen molar-refractivity contribution < 1.29 is 0 Å². The van der Waals surface area contributed by atoms with Crippen LogP contribution in [0.5, 0.6) is 0 Å². The first-order valence-corrected chi connectivity index (χ1v) is 6.11. The standard InChI is InChI=1S/C13H17N5/c1-10-6-8-17(15-10)12-4-3-5-13(14-12)18-9-7-11(2)16-18/h3-7,15-16H,8-9H2,1-2H3. The van der Waals surface area contributed by atoms with E-state index < -0.39 is 0 Å². The monoisotopic (exact) mass is 243 g/mol. The number of aromatic nitrogens is 1. The Morgan fingerprint density at radius 3 is 1.83 bits per heavy atom. The van der Waals surface area contributed by atoms with Gasteiger partial charge in [0.2, 0.25) is 0 Å². The van der Waals surface area contributed by atoms with Crippen LogP contribution in [0.25, 0.3) is 0 Å². The first kappa shape index (κ1) is 11.0. The molecular weight excluding hydrogens is 226 g/mol. The van der Waals surface area contributed by atoms with E-state index in [-0.39, 0.29) is 0 Å². The summed E-state index contributed by atoms with van der Waals surface area (Å²) >= 11 is 0. The lowest BCUT2D eigenvalue weighted by atomic mass is 10.4. The molecule has 0 atom stereocenters. The van der Waals surface area contributed by atoms with Crippen molar-refractivity contribution in [3.05, 3.63) is 41.7 Å². The van der Waals surface area contributed by atoms with E-state index in [0.717, 1.165) is 24.7 Å². The van der Waals surface area contributed by atoms with Crippen molar-refractivity contribution in [1.29, 1.82) is 0 Å². The van der Waals surface area contributed by atoms with Crippen LogP contribution in [0.2, 0.25) is 0 Å². The Kier molecular flexibility index (Phi) is 2.59. The molecular formula is C13H17N5. The molecule has 0 spiro atoms. The molecule has 18 heavy (non-hydrogen) atoms. The van der Waals surface area contributed by atoms with Gasteiger partial charge in [-0.1, -0.05) is 6.07 Å². The Morgan fingerprint density at radius 1 is 0.944 bits per heavy atom. The Balaban J connectivity index is 1.78. The number of nitrogens with zero attached hydrogens (tertiary/aromatic N) is 3. The number of anilines is 2. The maximum Gasteiger partial charge on any atom is 0.149 e. The van der Waals surface area contributed by atoms with Gasteiger partial charge in [0.15, 0.2) is 0 Å². The molecule has 2 aliphatic rings. The highest BCUT2D eigenvalue weighted by Gasteiger charge is 2.16. The first-order valence-electron chi connectivity index (χ1n) is 6.11. The van der Waals surface area contributed by atoms with Crippen molar-refractivity contribution in [2.24, 2.45) is 0 Å². The summed E-state index contributed by atoms with van der Waals surface area (Å²) in [6.45, 7) is 5.82. The number of rotatable bonds is 2. The van der Waals surface area contributed by atoms with Gasteiger partial charge in [-0.2, -0.15) is 0 Å². The van der Waals surface area contributed by atoms with Gasteiger partial charge >= 0.3 is 0 Å². The van der Waals surface area contributed by atoms with Crippen LogP contribution in [-0.2, 0) is 0 Å². The van der Waals surface area contributed by atoms with Gasteiger partial charge in [-0.15, -0.1) is 0 Å². The van der Waals surface area contributed by atoms with Gasteiger partial charge in [0.1, 0.15) is 11.6 Å². The van der Waals surface area contributed by atoms with Gasteiger partial charge in [0.25, 0.3) is 0 Å². The predicted octanol–water partition coefficient (Wildman–Crippen LogP) is 1.54. The summed E-state index contributed by atoms with van der Waals surface area (Å²) in [7, 11) is 0. The second-order valence-electron chi connectivity index (χ2n) is 4.57. The number of hydrazine groups is 2. The average Bonchev–Trinajstić information content (AvgIpc) is 2.98. The smallest absolute Gasteiger partial charge is 0.149 e. The van der Waals surface area contributed by atoms with Crippen molar-refractivity contribution in [2.45, 2.75) is 13.8 Å². The van der Waals surface area contributed by atoms with Crippen molar-refractivity contribution >= 4 is 11.6 Å². The van der Waals surface area contributed by atoms with E-state index in [2.05, 4.69) is 41.8 Å². The van der Waals surface area contributed by atoms with Gasteiger partial charge in [0.05, 0.1) is 13.1 Å². The second-order valence-corrected chi connectivity index (χ2v) is 4.57. The Morgan fingerprint density at radius 2 is 1.44 bits per heavy atom. The molecule has 1 aromatic heterocycles. The zero-order valence-corrected chi connectivity index (χ0v) is 10.6. The van der Waals surface area contributed by atoms with Gasteiger partial charge < -0.3 is 10.9 Å². The Bertz CT molecular complexity index is 477. The summed E-state index contributed by atoms with van der Waals surface area (Å²) in [5, 5.41) is 4.07. The molecule has 2 N–H and O–H groups in total. The van der Waals surface area contributed by atoms with Crippen molar-refractivity contribution in [3.8, 4) is 0 Å². The van der Waals surface area contributed by atoms with Crippen molar-refractivity contribution in [1.82, 2.24) is 15.8 Å². The third kappa shape index (κ3) is 1.99. The van der Waals surface area contributed by atoms with Crippen LogP contribution < -0.4 is 20.9 Å². The maximum absolute atomic E-state index is 4.67. The lowest BCUT2D eigenvalue weighted by Gasteiger charge is -2.22. The molecule has 0 fully saturated rings. The van der Waals surface area contributed by atoms with E-state index >= 15 is 0 Å². The summed E-state index contributed by atoms with van der Waals surface area (Å²) in [5.41, 5.74) is 8.88. The molecule has 5 nitrogen and oxygen atoms in total. The largest absolute Gasteiger partial charge is 0.301 e. The molecule has 0 bridgehead atoms. The molecule has 3 heterocycles. The topological polar surface area (TPSA) is 43.4 Å². The minimum Gasteiger partial charge on any atom is -0.301 e. The van der Waals surface area contributed by atoms with E-state index in [9.17, 15) is 0 Å². The molecule has 0 amide bonds. The molecule has 1 aromatic rings. The summed E-state index contributed by atoms with van der Waals surface area (Å²) in [5.74, 6) is 1.87. The first-order chi connectivity index (χ1) is 8.72. The van der Waals surface area contributed by atoms with Crippen molar-refractivity contribution in [3.63, 3.8) is 0 Å². The third-order valence-corrected chi connectivity index (χ3v) is 3.06. The fourth-order valence-corrected chi connectivity index (χ4v) is 2.08. The zero-order valence-electron chi connectivity index (χ0n) is 10.6. The van der Waals surface area contributed by atoms with Crippen LogP contribution >= 0.6 is 0 Å². The summed E-state index contributed by atoms with van der Waals surface area (Å²) < 4.78 is 0. The molecule has 2 aliphatic heterocycles. The van der Waals surface area contributed by atoms with Gasteiger partial charge in [-0.3, -0.25) is 10.0 Å². The van der Waals surface area contributed by atoms with Crippen LogP contribution in [0.3, 0.4) is 0 Å². The molecule has 0 unspecified atom stereocenters. The van der Waals surface area contributed by atoms with E-state index in [1.165, 1.54) is 11.4 Å². The number of hydrogen-bond donors (Lipinski definition) is 2. The highest BCUT2D eigenvalue weighted by atomic mass is 15.6. The van der Waals surface area contributed by atoms with Gasteiger partial charge in [-0.05, 0) is 38.1 Å². The van der Waals surface area contributed by atoms with Crippen LogP contribution in [0.4, 0.5) is 11.6 Å². The Labute approximate surface area is 107 Å². The summed E-state index contributed by atoms with van der Waals surface area (Å²) in [6, 6.07) is 6.06. The van der Waals surface area contributed by atoms with Crippen LogP contribution in [0, 0.1) is 0 Å². The maximum atomic E-state index is 4.67. The van der Waals surface area contributed by atoms with Crippen LogP contribution in [-0.4, -0.2) is 18.1 Å². The minimum atomic E-state index is 0.854. The molecule has 0 saturated carbocycles. The van der Waals surface area contributed by atoms with E-state index in [1.54, 1.807) is 0 Å². The van der Waals surface area contributed by atoms with Crippen LogP contribution in [0.1, 0.15) is 13.8 Å². The second kappa shape index (κ2) is 4.25. The molecule has 0 aromatic carbocycles. The molecule has 94 valence electrons. The number of allylic oxidation sites excluding steroid dienone is 2. The zero-order chi connectivity index (χ0) is 12.5. The number of pyridine rings is 1. The molecule has 0 saturated heterocycles. The predicted molar refractivity (Wildman–Crippen MR) is 72.7 cm³/mol. The van der Waals surface area contributed by atoms with E-state index in [1.807, 2.05) is 28.2 Å². The lowest BCUT2D eigenvalue weighted by molar-refractivity contribution is 0.764. The van der Waals surface area contributed by atoms with Gasteiger partial charge in [-0.25, -0.2) is 4.98 Å². The number of nitrogens with one attached hydrogen (secondary N) is 2. The fraction of sp³-hybridized carbons (Fsp3) is 0.308. The van der Waals surface area contributed by atoms with Gasteiger partial charge in [0, 0.05) is 11.4 Å². The quantitative estimate of drug-likeness (QED) is 0.825. The summed E-state index contributed by atoms with van der Waals surface area (Å²) in [6.07, 6.45) is 4.29. The Hall–Kier alpha value is -2.17. The fourth-order valence-electron chi connectivity index (χ4n) is 2.08. The SMILES string of the molecule is CC1=CCN(c2cccc(N3CC=C(C)N3)n2)N1. The summed E-state index contributed by atoms with van der Waals surface area (Å²) in [4.78, 5) is 4.67. The third-order valence-electron chi connectivity index (χ3n) is 3.06. The molecule has 3 rings (SSSR count). The van der Waals surface area contributed by atoms with E-state index in [4.69, 9.17) is 0 Å².